The molecule has 0 N–H and O–H groups in total. The number of carbonyl (C=O) groups excluding carboxylic acids is 2. The van der Waals surface area contributed by atoms with Crippen molar-refractivity contribution in [1.29, 1.82) is 0 Å². The van der Waals surface area contributed by atoms with Crippen LogP contribution in [0.3, 0.4) is 0 Å². The van der Waals surface area contributed by atoms with Crippen molar-refractivity contribution in [1.82, 2.24) is 5.06 Å². The number of nitrogens with zero attached hydrogens (tertiary/aromatic N) is 2. The zero-order valence-corrected chi connectivity index (χ0v) is 20.7. The molecule has 0 aromatic heterocycles. The lowest BCUT2D eigenvalue weighted by Crippen LogP contribution is -2.43. The van der Waals surface area contributed by atoms with E-state index in [1.54, 1.807) is 5.06 Å². The summed E-state index contributed by atoms with van der Waals surface area (Å²) in [7, 11) is 2.57. The second kappa shape index (κ2) is 9.17. The molecule has 2 heterocycles. The molecule has 0 radical (unpaired) electrons. The minimum absolute atomic E-state index is 0.120. The van der Waals surface area contributed by atoms with Gasteiger partial charge in [-0.2, -0.15) is 0 Å². The van der Waals surface area contributed by atoms with Crippen molar-refractivity contribution in [3.05, 3.63) is 112 Å². The van der Waals surface area contributed by atoms with Crippen molar-refractivity contribution in [2.45, 2.75) is 25.6 Å². The fourth-order valence-electron chi connectivity index (χ4n) is 5.08. The van der Waals surface area contributed by atoms with Crippen LogP contribution in [0.15, 0.2) is 90.2 Å². The molecular weight excluding hydrogens is 456 g/mol. The summed E-state index contributed by atoms with van der Waals surface area (Å²) in [5, 5.41) is 1.74. The molecule has 184 valence electrons. The molecule has 1 saturated heterocycles. The van der Waals surface area contributed by atoms with Gasteiger partial charge in [0, 0.05) is 5.69 Å². The van der Waals surface area contributed by atoms with Crippen molar-refractivity contribution < 1.29 is 23.9 Å². The summed E-state index contributed by atoms with van der Waals surface area (Å²) in [5.41, 5.74) is 3.98. The molecule has 0 unspecified atom stereocenters. The summed E-state index contributed by atoms with van der Waals surface area (Å²) in [6, 6.07) is 26.0. The summed E-state index contributed by atoms with van der Waals surface area (Å²) >= 11 is 0. The van der Waals surface area contributed by atoms with Crippen molar-refractivity contribution >= 4 is 17.6 Å². The first-order valence-electron chi connectivity index (χ1n) is 11.7. The minimum atomic E-state index is -1.13. The van der Waals surface area contributed by atoms with Crippen LogP contribution in [0.1, 0.15) is 28.4 Å². The Labute approximate surface area is 210 Å². The van der Waals surface area contributed by atoms with Gasteiger partial charge in [0.1, 0.15) is 17.3 Å². The van der Waals surface area contributed by atoms with Crippen LogP contribution < -0.4 is 4.90 Å². The van der Waals surface area contributed by atoms with Gasteiger partial charge < -0.3 is 19.2 Å². The van der Waals surface area contributed by atoms with Crippen molar-refractivity contribution in [2.75, 3.05) is 25.7 Å². The molecule has 0 saturated carbocycles. The van der Waals surface area contributed by atoms with E-state index in [1.807, 2.05) is 68.4 Å². The number of methoxy groups -OCH3 is 2. The SMILES string of the molecule is COC(=O)C1=C(C(=O)OC)[C@@]2(c3ccccc3)CN(c3ccc(C)cc3)[C@H](c3ccc(C)cc3)N2O1. The van der Waals surface area contributed by atoms with E-state index >= 15 is 0 Å². The van der Waals surface area contributed by atoms with Gasteiger partial charge in [-0.25, -0.2) is 9.59 Å². The fourth-order valence-corrected chi connectivity index (χ4v) is 5.08. The molecule has 1 fully saturated rings. The van der Waals surface area contributed by atoms with Gasteiger partial charge in [0.15, 0.2) is 0 Å². The largest absolute Gasteiger partial charge is 0.465 e. The molecule has 0 spiro atoms. The van der Waals surface area contributed by atoms with E-state index in [1.165, 1.54) is 14.2 Å². The lowest BCUT2D eigenvalue weighted by molar-refractivity contribution is -0.177. The number of anilines is 1. The number of fused-ring (bicyclic) bond motifs is 1. The number of aryl methyl sites for hydroxylation is 2. The third-order valence-electron chi connectivity index (χ3n) is 6.88. The zero-order chi connectivity index (χ0) is 25.4. The van der Waals surface area contributed by atoms with E-state index in [0.29, 0.717) is 6.54 Å². The number of benzene rings is 3. The molecule has 2 atom stereocenters. The van der Waals surface area contributed by atoms with E-state index in [2.05, 4.69) is 29.2 Å². The highest BCUT2D eigenvalue weighted by Crippen LogP contribution is 2.56. The average Bonchev–Trinajstić information content (AvgIpc) is 3.41. The highest BCUT2D eigenvalue weighted by molar-refractivity contribution is 6.02. The summed E-state index contributed by atoms with van der Waals surface area (Å²) in [6.07, 6.45) is -0.449. The first kappa shape index (κ1) is 23.6. The van der Waals surface area contributed by atoms with E-state index in [-0.39, 0.29) is 11.3 Å². The Kier molecular flexibility index (Phi) is 6.02. The predicted molar refractivity (Wildman–Crippen MR) is 135 cm³/mol. The van der Waals surface area contributed by atoms with Crippen molar-refractivity contribution in [3.63, 3.8) is 0 Å². The number of ether oxygens (including phenoxy) is 2. The Bertz CT molecular complexity index is 1320. The molecule has 0 amide bonds. The topological polar surface area (TPSA) is 68.3 Å². The van der Waals surface area contributed by atoms with Crippen LogP contribution in [0.25, 0.3) is 0 Å². The summed E-state index contributed by atoms with van der Waals surface area (Å²) in [5.74, 6) is -1.53. The highest BCUT2D eigenvalue weighted by Gasteiger charge is 2.64. The maximum atomic E-state index is 13.3. The van der Waals surface area contributed by atoms with Gasteiger partial charge >= 0.3 is 11.9 Å². The molecule has 36 heavy (non-hydrogen) atoms. The molecule has 0 aliphatic carbocycles. The van der Waals surface area contributed by atoms with E-state index in [4.69, 9.17) is 14.3 Å². The third kappa shape index (κ3) is 3.63. The van der Waals surface area contributed by atoms with Gasteiger partial charge in [0.2, 0.25) is 5.76 Å². The first-order valence-corrected chi connectivity index (χ1v) is 11.7. The second-order valence-corrected chi connectivity index (χ2v) is 9.08. The monoisotopic (exact) mass is 484 g/mol. The second-order valence-electron chi connectivity index (χ2n) is 9.08. The zero-order valence-electron chi connectivity index (χ0n) is 20.7. The Morgan fingerprint density at radius 3 is 2.00 bits per heavy atom. The molecule has 7 nitrogen and oxygen atoms in total. The normalized spacial score (nSPS) is 21.2. The van der Waals surface area contributed by atoms with Gasteiger partial charge in [-0.1, -0.05) is 82.9 Å². The van der Waals surface area contributed by atoms with Crippen LogP contribution >= 0.6 is 0 Å². The van der Waals surface area contributed by atoms with Crippen LogP contribution in [0.4, 0.5) is 5.69 Å². The van der Waals surface area contributed by atoms with Crippen LogP contribution in [0.5, 0.6) is 0 Å². The summed E-state index contributed by atoms with van der Waals surface area (Å²) in [6.45, 7) is 4.41. The summed E-state index contributed by atoms with van der Waals surface area (Å²) in [4.78, 5) is 34.7. The fraction of sp³-hybridized carbons (Fsp3) is 0.241. The number of carbonyl (C=O) groups is 2. The van der Waals surface area contributed by atoms with E-state index in [0.717, 1.165) is 27.9 Å². The minimum Gasteiger partial charge on any atom is -0.465 e. The smallest absolute Gasteiger partial charge is 0.376 e. The lowest BCUT2D eigenvalue weighted by Gasteiger charge is -2.33. The van der Waals surface area contributed by atoms with Crippen molar-refractivity contribution in [3.8, 4) is 0 Å². The van der Waals surface area contributed by atoms with Crippen LogP contribution in [0, 0.1) is 13.8 Å². The molecule has 2 aliphatic heterocycles. The Balaban J connectivity index is 1.79. The number of hydrogen-bond donors (Lipinski definition) is 0. The maximum absolute atomic E-state index is 13.3. The third-order valence-corrected chi connectivity index (χ3v) is 6.88. The molecule has 7 heteroatoms. The number of esters is 2. The Morgan fingerprint density at radius 2 is 1.42 bits per heavy atom. The average molecular weight is 485 g/mol. The maximum Gasteiger partial charge on any atom is 0.376 e. The van der Waals surface area contributed by atoms with Gasteiger partial charge in [-0.05, 0) is 37.1 Å². The molecule has 0 bridgehead atoms. The molecule has 2 aliphatic rings. The Morgan fingerprint density at radius 1 is 0.833 bits per heavy atom. The quantitative estimate of drug-likeness (QED) is 0.492. The molecular formula is C29H28N2O5. The number of hydroxylamine groups is 2. The molecule has 5 rings (SSSR count). The van der Waals surface area contributed by atoms with E-state index in [9.17, 15) is 9.59 Å². The number of hydrogen-bond acceptors (Lipinski definition) is 7. The molecule has 3 aromatic rings. The standard InChI is InChI=1S/C29H28N2O5/c1-19-10-14-21(15-11-19)26-30(23-16-12-20(2)13-17-23)18-29(22-8-6-5-7-9-22)24(27(32)34-3)25(28(33)35-4)36-31(26)29/h5-17,26H,18H2,1-4H3/t26-,29-/m0/s1. The van der Waals surface area contributed by atoms with Gasteiger partial charge in [0.25, 0.3) is 0 Å². The van der Waals surface area contributed by atoms with E-state index < -0.39 is 23.6 Å². The Hall–Kier alpha value is -4.10. The lowest BCUT2D eigenvalue weighted by atomic mass is 9.82. The highest BCUT2D eigenvalue weighted by atomic mass is 16.7. The summed E-state index contributed by atoms with van der Waals surface area (Å²) < 4.78 is 10.2. The first-order chi connectivity index (χ1) is 17.4. The predicted octanol–water partition coefficient (Wildman–Crippen LogP) is 4.57. The van der Waals surface area contributed by atoms with Crippen LogP contribution in [-0.4, -0.2) is 37.8 Å². The van der Waals surface area contributed by atoms with Crippen LogP contribution in [0.2, 0.25) is 0 Å². The van der Waals surface area contributed by atoms with Gasteiger partial charge in [0.05, 0.1) is 20.8 Å². The van der Waals surface area contributed by atoms with Gasteiger partial charge in [-0.3, -0.25) is 0 Å². The molecule has 3 aromatic carbocycles. The van der Waals surface area contributed by atoms with Crippen molar-refractivity contribution in [2.24, 2.45) is 0 Å². The van der Waals surface area contributed by atoms with Crippen LogP contribution in [-0.2, 0) is 29.4 Å². The number of rotatable bonds is 5. The van der Waals surface area contributed by atoms with Gasteiger partial charge in [-0.15, -0.1) is 0 Å².